The van der Waals surface area contributed by atoms with Gasteiger partial charge in [-0.25, -0.2) is 0 Å². The van der Waals surface area contributed by atoms with Gasteiger partial charge >= 0.3 is 0 Å². The molecule has 1 saturated heterocycles. The van der Waals surface area contributed by atoms with Crippen LogP contribution in [0.4, 0.5) is 0 Å². The maximum absolute atomic E-state index is 11.7. The smallest absolute Gasteiger partial charge is 0.224 e. The third kappa shape index (κ3) is 3.27. The summed E-state index contributed by atoms with van der Waals surface area (Å²) < 4.78 is 0. The Balaban J connectivity index is 2.27. The highest BCUT2D eigenvalue weighted by atomic mass is 16.3. The zero-order valence-corrected chi connectivity index (χ0v) is 8.99. The van der Waals surface area contributed by atoms with Gasteiger partial charge in [0.15, 0.2) is 0 Å². The second-order valence-electron chi connectivity index (χ2n) is 3.95. The van der Waals surface area contributed by atoms with E-state index in [1.54, 1.807) is 4.90 Å². The van der Waals surface area contributed by atoms with Crippen molar-refractivity contribution in [3.05, 3.63) is 0 Å². The standard InChI is InChI=1S/C10H20N2O2/c1-3-11-8(2)6-10(14)12-5-4-9(13)7-12/h8-9,11,13H,3-7H2,1-2H3/t8?,9-/m0/s1. The van der Waals surface area contributed by atoms with Crippen LogP contribution in [0.25, 0.3) is 0 Å². The molecule has 1 aliphatic heterocycles. The number of carbonyl (C=O) groups is 1. The first-order valence-electron chi connectivity index (χ1n) is 5.32. The van der Waals surface area contributed by atoms with Crippen LogP contribution in [-0.2, 0) is 4.79 Å². The Labute approximate surface area is 85.3 Å². The number of nitrogens with one attached hydrogen (secondary N) is 1. The summed E-state index contributed by atoms with van der Waals surface area (Å²) in [7, 11) is 0. The molecule has 0 aliphatic carbocycles. The van der Waals surface area contributed by atoms with Crippen molar-refractivity contribution in [2.45, 2.75) is 38.8 Å². The van der Waals surface area contributed by atoms with Crippen molar-refractivity contribution < 1.29 is 9.90 Å². The minimum Gasteiger partial charge on any atom is -0.391 e. The largest absolute Gasteiger partial charge is 0.391 e. The average molecular weight is 200 g/mol. The molecule has 1 amide bonds. The van der Waals surface area contributed by atoms with Crippen LogP contribution in [0, 0.1) is 0 Å². The van der Waals surface area contributed by atoms with Crippen LogP contribution in [0.1, 0.15) is 26.7 Å². The Bertz CT molecular complexity index is 197. The first kappa shape index (κ1) is 11.5. The molecule has 2 atom stereocenters. The molecule has 1 heterocycles. The van der Waals surface area contributed by atoms with Crippen LogP contribution in [0.5, 0.6) is 0 Å². The normalized spacial score (nSPS) is 23.9. The maximum Gasteiger partial charge on any atom is 0.224 e. The third-order valence-electron chi connectivity index (χ3n) is 2.55. The molecule has 1 fully saturated rings. The quantitative estimate of drug-likeness (QED) is 0.670. The monoisotopic (exact) mass is 200 g/mol. The van der Waals surface area contributed by atoms with Crippen LogP contribution < -0.4 is 5.32 Å². The molecule has 1 aliphatic rings. The molecule has 2 N–H and O–H groups in total. The molecule has 14 heavy (non-hydrogen) atoms. The van der Waals surface area contributed by atoms with Gasteiger partial charge in [-0.15, -0.1) is 0 Å². The van der Waals surface area contributed by atoms with Crippen molar-refractivity contribution in [2.24, 2.45) is 0 Å². The van der Waals surface area contributed by atoms with Crippen molar-refractivity contribution in [3.8, 4) is 0 Å². The molecule has 1 rings (SSSR count). The Hall–Kier alpha value is -0.610. The number of hydrogen-bond donors (Lipinski definition) is 2. The van der Waals surface area contributed by atoms with Crippen molar-refractivity contribution in [3.63, 3.8) is 0 Å². The van der Waals surface area contributed by atoms with E-state index < -0.39 is 0 Å². The molecule has 4 heteroatoms. The molecule has 0 aromatic heterocycles. The molecule has 0 bridgehead atoms. The fourth-order valence-electron chi connectivity index (χ4n) is 1.78. The molecular formula is C10H20N2O2. The molecular weight excluding hydrogens is 180 g/mol. The van der Waals surface area contributed by atoms with Gasteiger partial charge < -0.3 is 15.3 Å². The van der Waals surface area contributed by atoms with Gasteiger partial charge in [0.2, 0.25) is 5.91 Å². The molecule has 4 nitrogen and oxygen atoms in total. The lowest BCUT2D eigenvalue weighted by Crippen LogP contribution is -2.36. The van der Waals surface area contributed by atoms with Crippen molar-refractivity contribution in [1.29, 1.82) is 0 Å². The van der Waals surface area contributed by atoms with Gasteiger partial charge in [0.25, 0.3) is 0 Å². The van der Waals surface area contributed by atoms with E-state index >= 15 is 0 Å². The first-order chi connectivity index (χ1) is 6.63. The minimum atomic E-state index is -0.312. The van der Waals surface area contributed by atoms with E-state index in [9.17, 15) is 9.90 Å². The van der Waals surface area contributed by atoms with Crippen molar-refractivity contribution in [2.75, 3.05) is 19.6 Å². The number of likely N-dealkylation sites (tertiary alicyclic amines) is 1. The molecule has 0 saturated carbocycles. The fourth-order valence-corrected chi connectivity index (χ4v) is 1.78. The molecule has 0 aromatic carbocycles. The maximum atomic E-state index is 11.7. The number of nitrogens with zero attached hydrogens (tertiary/aromatic N) is 1. The highest BCUT2D eigenvalue weighted by Gasteiger charge is 2.24. The topological polar surface area (TPSA) is 52.6 Å². The second kappa shape index (κ2) is 5.32. The Morgan fingerprint density at radius 1 is 1.71 bits per heavy atom. The Morgan fingerprint density at radius 3 is 2.93 bits per heavy atom. The lowest BCUT2D eigenvalue weighted by molar-refractivity contribution is -0.130. The van der Waals surface area contributed by atoms with E-state index in [1.165, 1.54) is 0 Å². The summed E-state index contributed by atoms with van der Waals surface area (Å²) in [6.45, 7) is 6.14. The molecule has 1 unspecified atom stereocenters. The van der Waals surface area contributed by atoms with E-state index in [-0.39, 0.29) is 18.1 Å². The number of carbonyl (C=O) groups excluding carboxylic acids is 1. The van der Waals surface area contributed by atoms with Crippen LogP contribution in [0.2, 0.25) is 0 Å². The third-order valence-corrected chi connectivity index (χ3v) is 2.55. The first-order valence-corrected chi connectivity index (χ1v) is 5.32. The summed E-state index contributed by atoms with van der Waals surface area (Å²) in [6, 6.07) is 0.227. The number of β-amino-alcohol motifs (C(OH)–C–C–N with tert-alkyl or cyclic N) is 1. The average Bonchev–Trinajstić information content (AvgIpc) is 2.52. The van der Waals surface area contributed by atoms with E-state index in [0.29, 0.717) is 19.5 Å². The summed E-state index contributed by atoms with van der Waals surface area (Å²) in [5, 5.41) is 12.5. The summed E-state index contributed by atoms with van der Waals surface area (Å²) in [4.78, 5) is 13.4. The Kier molecular flexibility index (Phi) is 4.35. The van der Waals surface area contributed by atoms with Gasteiger partial charge in [0.05, 0.1) is 6.10 Å². The van der Waals surface area contributed by atoms with Crippen LogP contribution in [-0.4, -0.2) is 47.7 Å². The number of aliphatic hydroxyl groups is 1. The van der Waals surface area contributed by atoms with Gasteiger partial charge in [0.1, 0.15) is 0 Å². The Morgan fingerprint density at radius 2 is 2.43 bits per heavy atom. The molecule has 0 aromatic rings. The van der Waals surface area contributed by atoms with Gasteiger partial charge in [0, 0.05) is 25.6 Å². The highest BCUT2D eigenvalue weighted by molar-refractivity contribution is 5.77. The van der Waals surface area contributed by atoms with E-state index in [0.717, 1.165) is 13.0 Å². The van der Waals surface area contributed by atoms with E-state index in [1.807, 2.05) is 13.8 Å². The number of amides is 1. The summed E-state index contributed by atoms with van der Waals surface area (Å²) in [5.74, 6) is 0.148. The number of hydrogen-bond acceptors (Lipinski definition) is 3. The van der Waals surface area contributed by atoms with Gasteiger partial charge in [-0.3, -0.25) is 4.79 Å². The summed E-state index contributed by atoms with van der Waals surface area (Å²) in [6.07, 6.45) is 0.940. The lowest BCUT2D eigenvalue weighted by Gasteiger charge is -2.18. The van der Waals surface area contributed by atoms with Gasteiger partial charge in [-0.2, -0.15) is 0 Å². The predicted octanol–water partition coefficient (Wildman–Crippen LogP) is -0.0323. The van der Waals surface area contributed by atoms with Gasteiger partial charge in [-0.1, -0.05) is 6.92 Å². The van der Waals surface area contributed by atoms with E-state index in [4.69, 9.17) is 0 Å². The van der Waals surface area contributed by atoms with Crippen molar-refractivity contribution >= 4 is 5.91 Å². The SMILES string of the molecule is CCNC(C)CC(=O)N1CC[C@H](O)C1. The lowest BCUT2D eigenvalue weighted by atomic mass is 10.2. The predicted molar refractivity (Wildman–Crippen MR) is 55.0 cm³/mol. The van der Waals surface area contributed by atoms with E-state index in [2.05, 4.69) is 5.32 Å². The second-order valence-corrected chi connectivity index (χ2v) is 3.95. The number of aliphatic hydroxyl groups excluding tert-OH is 1. The molecule has 0 radical (unpaired) electrons. The minimum absolute atomic E-state index is 0.148. The van der Waals surface area contributed by atoms with Crippen LogP contribution in [0.3, 0.4) is 0 Å². The zero-order chi connectivity index (χ0) is 10.6. The highest BCUT2D eigenvalue weighted by Crippen LogP contribution is 2.10. The summed E-state index contributed by atoms with van der Waals surface area (Å²) in [5.41, 5.74) is 0. The molecule has 0 spiro atoms. The van der Waals surface area contributed by atoms with Gasteiger partial charge in [-0.05, 0) is 19.9 Å². The molecule has 82 valence electrons. The zero-order valence-electron chi connectivity index (χ0n) is 8.99. The van der Waals surface area contributed by atoms with Crippen LogP contribution in [0.15, 0.2) is 0 Å². The van der Waals surface area contributed by atoms with Crippen molar-refractivity contribution in [1.82, 2.24) is 10.2 Å². The number of rotatable bonds is 4. The summed E-state index contributed by atoms with van der Waals surface area (Å²) >= 11 is 0. The fraction of sp³-hybridized carbons (Fsp3) is 0.900. The van der Waals surface area contributed by atoms with Crippen LogP contribution >= 0.6 is 0 Å².